The lowest BCUT2D eigenvalue weighted by Gasteiger charge is -2.09. The predicted molar refractivity (Wildman–Crippen MR) is 53.1 cm³/mol. The maximum Gasteiger partial charge on any atom is 0.422 e. The lowest BCUT2D eigenvalue weighted by molar-refractivity contribution is -0.153. The average molecular weight is 260 g/mol. The normalized spacial score (nSPS) is 10.8. The van der Waals surface area contributed by atoms with Gasteiger partial charge in [-0.15, -0.1) is 12.4 Å². The van der Waals surface area contributed by atoms with Crippen LogP contribution in [0.15, 0.2) is 18.2 Å². The summed E-state index contributed by atoms with van der Waals surface area (Å²) >= 11 is 0. The number of rotatable bonds is 3. The van der Waals surface area contributed by atoms with Gasteiger partial charge in [-0.25, -0.2) is 4.39 Å². The number of ether oxygens (including phenoxy) is 1. The molecule has 1 aromatic carbocycles. The average Bonchev–Trinajstić information content (AvgIpc) is 2.14. The van der Waals surface area contributed by atoms with Crippen LogP contribution in [0, 0.1) is 5.82 Å². The second kappa shape index (κ2) is 5.91. The quantitative estimate of drug-likeness (QED) is 0.847. The van der Waals surface area contributed by atoms with Crippen LogP contribution in [0.3, 0.4) is 0 Å². The molecule has 0 atom stereocenters. The van der Waals surface area contributed by atoms with Crippen molar-refractivity contribution in [3.63, 3.8) is 0 Å². The third-order valence-corrected chi connectivity index (χ3v) is 1.65. The van der Waals surface area contributed by atoms with Gasteiger partial charge in [0, 0.05) is 18.2 Å². The van der Waals surface area contributed by atoms with E-state index in [2.05, 4.69) is 4.74 Å². The zero-order chi connectivity index (χ0) is 11.5. The Bertz CT molecular complexity index is 343. The van der Waals surface area contributed by atoms with Gasteiger partial charge < -0.3 is 10.5 Å². The number of benzene rings is 1. The largest absolute Gasteiger partial charge is 0.484 e. The highest BCUT2D eigenvalue weighted by molar-refractivity contribution is 5.85. The number of alkyl halides is 3. The summed E-state index contributed by atoms with van der Waals surface area (Å²) in [4.78, 5) is 0. The van der Waals surface area contributed by atoms with Crippen molar-refractivity contribution < 1.29 is 22.3 Å². The fourth-order valence-electron chi connectivity index (χ4n) is 0.949. The minimum atomic E-state index is -4.43. The Morgan fingerprint density at radius 1 is 1.25 bits per heavy atom. The fourth-order valence-corrected chi connectivity index (χ4v) is 0.949. The summed E-state index contributed by atoms with van der Waals surface area (Å²) < 4.78 is 52.6. The first kappa shape index (κ1) is 15.0. The van der Waals surface area contributed by atoms with Crippen LogP contribution in [-0.4, -0.2) is 12.8 Å². The molecule has 0 saturated carbocycles. The van der Waals surface area contributed by atoms with Crippen LogP contribution >= 0.6 is 12.4 Å². The summed E-state index contributed by atoms with van der Waals surface area (Å²) in [6.45, 7) is -1.44. The molecule has 0 radical (unpaired) electrons. The van der Waals surface area contributed by atoms with Crippen molar-refractivity contribution in [1.82, 2.24) is 0 Å². The second-order valence-corrected chi connectivity index (χ2v) is 2.86. The molecule has 0 spiro atoms. The van der Waals surface area contributed by atoms with Gasteiger partial charge in [-0.1, -0.05) is 6.07 Å². The molecule has 0 bridgehead atoms. The van der Waals surface area contributed by atoms with Crippen molar-refractivity contribution in [1.29, 1.82) is 0 Å². The standard InChI is InChI=1S/C9H9F4NO.ClH/c10-8-3-7(2-1-6(8)4-14)15-5-9(11,12)13;/h1-3H,4-5,14H2;1H. The molecule has 0 aliphatic carbocycles. The van der Waals surface area contributed by atoms with Crippen LogP contribution in [0.2, 0.25) is 0 Å². The van der Waals surface area contributed by atoms with E-state index in [0.29, 0.717) is 0 Å². The summed E-state index contributed by atoms with van der Waals surface area (Å²) in [6, 6.07) is 3.42. The van der Waals surface area contributed by atoms with Crippen molar-refractivity contribution in [3.8, 4) is 5.75 Å². The molecule has 0 aliphatic rings. The van der Waals surface area contributed by atoms with E-state index in [0.717, 1.165) is 6.07 Å². The molecule has 0 saturated heterocycles. The molecule has 2 N–H and O–H groups in total. The molecular weight excluding hydrogens is 250 g/mol. The molecule has 16 heavy (non-hydrogen) atoms. The fraction of sp³-hybridized carbons (Fsp3) is 0.333. The Kier molecular flexibility index (Phi) is 5.53. The molecule has 0 unspecified atom stereocenters. The van der Waals surface area contributed by atoms with Crippen molar-refractivity contribution in [2.45, 2.75) is 12.7 Å². The zero-order valence-electron chi connectivity index (χ0n) is 8.05. The Morgan fingerprint density at radius 2 is 1.88 bits per heavy atom. The number of hydrogen-bond donors (Lipinski definition) is 1. The van der Waals surface area contributed by atoms with E-state index in [1.807, 2.05) is 0 Å². The van der Waals surface area contributed by atoms with Gasteiger partial charge in [0.25, 0.3) is 0 Å². The third kappa shape index (κ3) is 4.67. The van der Waals surface area contributed by atoms with E-state index < -0.39 is 18.6 Å². The van der Waals surface area contributed by atoms with Crippen molar-refractivity contribution in [2.75, 3.05) is 6.61 Å². The maximum absolute atomic E-state index is 13.0. The molecule has 0 aromatic heterocycles. The van der Waals surface area contributed by atoms with Crippen molar-refractivity contribution in [3.05, 3.63) is 29.6 Å². The van der Waals surface area contributed by atoms with Crippen molar-refractivity contribution >= 4 is 12.4 Å². The lowest BCUT2D eigenvalue weighted by atomic mass is 10.2. The molecule has 1 rings (SSSR count). The van der Waals surface area contributed by atoms with Crippen LogP contribution < -0.4 is 10.5 Å². The molecule has 0 fully saturated rings. The highest BCUT2D eigenvalue weighted by Crippen LogP contribution is 2.20. The summed E-state index contributed by atoms with van der Waals surface area (Å²) in [5.74, 6) is -0.834. The molecule has 0 amide bonds. The summed E-state index contributed by atoms with van der Waals surface area (Å²) in [5.41, 5.74) is 5.41. The molecule has 92 valence electrons. The van der Waals surface area contributed by atoms with Gasteiger partial charge in [0.1, 0.15) is 11.6 Å². The van der Waals surface area contributed by atoms with Gasteiger partial charge in [0.2, 0.25) is 0 Å². The highest BCUT2D eigenvalue weighted by Gasteiger charge is 2.28. The Hall–Kier alpha value is -1.01. The first-order valence-corrected chi connectivity index (χ1v) is 4.10. The highest BCUT2D eigenvalue weighted by atomic mass is 35.5. The minimum absolute atomic E-state index is 0. The van der Waals surface area contributed by atoms with Crippen LogP contribution in [0.5, 0.6) is 5.75 Å². The SMILES string of the molecule is Cl.NCc1ccc(OCC(F)(F)F)cc1F. The van der Waals surface area contributed by atoms with E-state index in [1.165, 1.54) is 12.1 Å². The first-order valence-electron chi connectivity index (χ1n) is 4.10. The van der Waals surface area contributed by atoms with Crippen LogP contribution in [0.1, 0.15) is 5.56 Å². The second-order valence-electron chi connectivity index (χ2n) is 2.86. The molecule has 0 heterocycles. The van der Waals surface area contributed by atoms with Gasteiger partial charge >= 0.3 is 6.18 Å². The topological polar surface area (TPSA) is 35.2 Å². The van der Waals surface area contributed by atoms with E-state index in [1.54, 1.807) is 0 Å². The van der Waals surface area contributed by atoms with Crippen molar-refractivity contribution in [2.24, 2.45) is 5.73 Å². The molecular formula is C9H10ClF4NO. The summed E-state index contributed by atoms with van der Waals surface area (Å²) in [5, 5.41) is 0. The zero-order valence-corrected chi connectivity index (χ0v) is 8.87. The van der Waals surface area contributed by atoms with Crippen LogP contribution in [0.4, 0.5) is 17.6 Å². The van der Waals surface area contributed by atoms with E-state index in [4.69, 9.17) is 5.73 Å². The monoisotopic (exact) mass is 259 g/mol. The molecule has 2 nitrogen and oxygen atoms in total. The van der Waals surface area contributed by atoms with Gasteiger partial charge in [0.15, 0.2) is 6.61 Å². The van der Waals surface area contributed by atoms with Gasteiger partial charge in [-0.2, -0.15) is 13.2 Å². The Morgan fingerprint density at radius 3 is 2.31 bits per heavy atom. The van der Waals surface area contributed by atoms with E-state index in [9.17, 15) is 17.6 Å². The molecule has 7 heteroatoms. The Balaban J connectivity index is 0.00000225. The smallest absolute Gasteiger partial charge is 0.422 e. The maximum atomic E-state index is 13.0. The lowest BCUT2D eigenvalue weighted by Crippen LogP contribution is -2.19. The first-order chi connectivity index (χ1) is 6.92. The van der Waals surface area contributed by atoms with Crippen LogP contribution in [0.25, 0.3) is 0 Å². The predicted octanol–water partition coefficient (Wildman–Crippen LogP) is 2.65. The number of halogens is 5. The summed E-state index contributed by atoms with van der Waals surface area (Å²) in [7, 11) is 0. The van der Waals surface area contributed by atoms with E-state index >= 15 is 0 Å². The molecule has 0 aliphatic heterocycles. The number of hydrogen-bond acceptors (Lipinski definition) is 2. The molecule has 1 aromatic rings. The number of nitrogens with two attached hydrogens (primary N) is 1. The van der Waals surface area contributed by atoms with Crippen LogP contribution in [-0.2, 0) is 6.54 Å². The van der Waals surface area contributed by atoms with Gasteiger partial charge in [-0.3, -0.25) is 0 Å². The Labute approximate surface area is 95.8 Å². The van der Waals surface area contributed by atoms with E-state index in [-0.39, 0.29) is 30.3 Å². The summed E-state index contributed by atoms with van der Waals surface area (Å²) in [6.07, 6.45) is -4.43. The third-order valence-electron chi connectivity index (χ3n) is 1.65. The minimum Gasteiger partial charge on any atom is -0.484 e. The van der Waals surface area contributed by atoms with Gasteiger partial charge in [-0.05, 0) is 6.07 Å². The van der Waals surface area contributed by atoms with Gasteiger partial charge in [0.05, 0.1) is 0 Å².